The van der Waals surface area contributed by atoms with Gasteiger partial charge in [0.05, 0.1) is 0 Å². The van der Waals surface area contributed by atoms with Crippen LogP contribution in [0.15, 0.2) is 42.5 Å². The molecule has 0 atom stereocenters. The fourth-order valence-electron chi connectivity index (χ4n) is 2.39. The molecule has 0 aliphatic heterocycles. The van der Waals surface area contributed by atoms with E-state index in [4.69, 9.17) is 11.6 Å². The molecule has 1 N–H and O–H groups in total. The van der Waals surface area contributed by atoms with Gasteiger partial charge in [0, 0.05) is 17.6 Å². The third-order valence-electron chi connectivity index (χ3n) is 3.66. The molecule has 0 bridgehead atoms. The van der Waals surface area contributed by atoms with Gasteiger partial charge in [-0.1, -0.05) is 41.9 Å². The molecule has 0 unspecified atom stereocenters. The second-order valence-corrected chi connectivity index (χ2v) is 5.71. The van der Waals surface area contributed by atoms with E-state index in [2.05, 4.69) is 48.6 Å². The Kier molecular flexibility index (Phi) is 3.58. The molecule has 2 aromatic rings. The summed E-state index contributed by atoms with van der Waals surface area (Å²) in [7, 11) is 0. The van der Waals surface area contributed by atoms with Crippen molar-refractivity contribution in [1.82, 2.24) is 5.32 Å². The molecule has 0 saturated heterocycles. The van der Waals surface area contributed by atoms with Crippen LogP contribution >= 0.6 is 11.6 Å². The molecule has 1 saturated carbocycles. The Morgan fingerprint density at radius 3 is 2.63 bits per heavy atom. The summed E-state index contributed by atoms with van der Waals surface area (Å²) in [6, 6.07) is 15.4. The Morgan fingerprint density at radius 2 is 1.89 bits per heavy atom. The average Bonchev–Trinajstić information content (AvgIpc) is 3.22. The molecule has 1 nitrogen and oxygen atoms in total. The van der Waals surface area contributed by atoms with Gasteiger partial charge in [-0.3, -0.25) is 0 Å². The first kappa shape index (κ1) is 12.7. The van der Waals surface area contributed by atoms with Gasteiger partial charge >= 0.3 is 0 Å². The van der Waals surface area contributed by atoms with Crippen LogP contribution in [-0.4, -0.2) is 6.04 Å². The smallest absolute Gasteiger partial charge is 0.0409 e. The van der Waals surface area contributed by atoms with Crippen LogP contribution < -0.4 is 5.32 Å². The molecule has 0 amide bonds. The van der Waals surface area contributed by atoms with Crippen LogP contribution in [0, 0.1) is 6.92 Å². The topological polar surface area (TPSA) is 12.0 Å². The summed E-state index contributed by atoms with van der Waals surface area (Å²) in [5, 5.41) is 4.38. The van der Waals surface area contributed by atoms with Crippen LogP contribution in [0.25, 0.3) is 11.1 Å². The summed E-state index contributed by atoms with van der Waals surface area (Å²) in [4.78, 5) is 0. The van der Waals surface area contributed by atoms with Crippen LogP contribution in [0.4, 0.5) is 0 Å². The lowest BCUT2D eigenvalue weighted by atomic mass is 9.96. The number of nitrogens with one attached hydrogen (secondary N) is 1. The van der Waals surface area contributed by atoms with E-state index >= 15 is 0 Å². The molecule has 1 fully saturated rings. The van der Waals surface area contributed by atoms with Crippen molar-refractivity contribution in [3.05, 3.63) is 58.6 Å². The maximum Gasteiger partial charge on any atom is 0.0409 e. The van der Waals surface area contributed by atoms with Crippen molar-refractivity contribution in [3.8, 4) is 11.1 Å². The predicted octanol–water partition coefficient (Wildman–Crippen LogP) is 4.57. The Morgan fingerprint density at radius 1 is 1.11 bits per heavy atom. The Labute approximate surface area is 119 Å². The highest BCUT2D eigenvalue weighted by atomic mass is 35.5. The summed E-state index contributed by atoms with van der Waals surface area (Å²) in [5.74, 6) is 0. The third-order valence-corrected chi connectivity index (χ3v) is 3.90. The number of hydrogen-bond acceptors (Lipinski definition) is 1. The second-order valence-electron chi connectivity index (χ2n) is 5.27. The zero-order valence-electron chi connectivity index (χ0n) is 11.1. The Bertz CT molecular complexity index is 588. The summed E-state index contributed by atoms with van der Waals surface area (Å²) >= 11 is 6.15. The highest BCUT2D eigenvalue weighted by Crippen LogP contribution is 2.29. The van der Waals surface area contributed by atoms with E-state index in [-0.39, 0.29) is 0 Å². The van der Waals surface area contributed by atoms with E-state index in [9.17, 15) is 0 Å². The van der Waals surface area contributed by atoms with E-state index in [1.54, 1.807) is 0 Å². The van der Waals surface area contributed by atoms with Crippen LogP contribution in [0.2, 0.25) is 5.02 Å². The van der Waals surface area contributed by atoms with Crippen molar-refractivity contribution >= 4 is 11.6 Å². The highest BCUT2D eigenvalue weighted by molar-refractivity contribution is 6.30. The van der Waals surface area contributed by atoms with Crippen molar-refractivity contribution in [3.63, 3.8) is 0 Å². The van der Waals surface area contributed by atoms with E-state index in [1.807, 2.05) is 6.07 Å². The second kappa shape index (κ2) is 5.36. The van der Waals surface area contributed by atoms with E-state index < -0.39 is 0 Å². The predicted molar refractivity (Wildman–Crippen MR) is 81.5 cm³/mol. The molecule has 2 heteroatoms. The van der Waals surface area contributed by atoms with Gasteiger partial charge in [-0.15, -0.1) is 0 Å². The molecule has 1 aliphatic rings. The van der Waals surface area contributed by atoms with E-state index in [0.29, 0.717) is 6.04 Å². The minimum atomic E-state index is 0.712. The van der Waals surface area contributed by atoms with Crippen LogP contribution in [0.3, 0.4) is 0 Å². The Balaban J connectivity index is 1.96. The molecule has 0 spiro atoms. The minimum absolute atomic E-state index is 0.712. The lowest BCUT2D eigenvalue weighted by Gasteiger charge is -2.13. The largest absolute Gasteiger partial charge is 0.310 e. The maximum atomic E-state index is 6.15. The monoisotopic (exact) mass is 271 g/mol. The fourth-order valence-corrected chi connectivity index (χ4v) is 2.58. The van der Waals surface area contributed by atoms with Crippen molar-refractivity contribution in [2.24, 2.45) is 0 Å². The van der Waals surface area contributed by atoms with Crippen LogP contribution in [0.5, 0.6) is 0 Å². The maximum absolute atomic E-state index is 6.15. The molecule has 1 aliphatic carbocycles. The van der Waals surface area contributed by atoms with Crippen molar-refractivity contribution in [2.45, 2.75) is 32.4 Å². The normalized spacial score (nSPS) is 14.6. The lowest BCUT2D eigenvalue weighted by molar-refractivity contribution is 0.689. The number of rotatable bonds is 4. The van der Waals surface area contributed by atoms with Gasteiger partial charge in [0.1, 0.15) is 0 Å². The first-order chi connectivity index (χ1) is 9.24. The average molecular weight is 272 g/mol. The molecule has 0 radical (unpaired) electrons. The number of aryl methyl sites for hydroxylation is 1. The molecule has 98 valence electrons. The number of benzene rings is 2. The molecule has 3 rings (SSSR count). The molecule has 0 aromatic heterocycles. The summed E-state index contributed by atoms with van der Waals surface area (Å²) < 4.78 is 0. The van der Waals surface area contributed by atoms with Gasteiger partial charge in [0.25, 0.3) is 0 Å². The molecule has 0 heterocycles. The highest BCUT2D eigenvalue weighted by Gasteiger charge is 2.20. The minimum Gasteiger partial charge on any atom is -0.310 e. The summed E-state index contributed by atoms with van der Waals surface area (Å²) in [6.07, 6.45) is 2.61. The zero-order valence-corrected chi connectivity index (χ0v) is 11.9. The lowest BCUT2D eigenvalue weighted by Crippen LogP contribution is -2.16. The quantitative estimate of drug-likeness (QED) is 0.859. The van der Waals surface area contributed by atoms with Crippen molar-refractivity contribution in [2.75, 3.05) is 0 Å². The zero-order chi connectivity index (χ0) is 13.2. The summed E-state index contributed by atoms with van der Waals surface area (Å²) in [5.41, 5.74) is 5.17. The number of hydrogen-bond donors (Lipinski definition) is 1. The van der Waals surface area contributed by atoms with Gasteiger partial charge in [0.2, 0.25) is 0 Å². The van der Waals surface area contributed by atoms with Crippen LogP contribution in [0.1, 0.15) is 24.0 Å². The molecular weight excluding hydrogens is 254 g/mol. The van der Waals surface area contributed by atoms with Gasteiger partial charge in [-0.05, 0) is 54.2 Å². The Hall–Kier alpha value is -1.31. The summed E-state index contributed by atoms with van der Waals surface area (Å²) in [6.45, 7) is 3.05. The first-order valence-corrected chi connectivity index (χ1v) is 7.19. The van der Waals surface area contributed by atoms with Gasteiger partial charge in [0.15, 0.2) is 0 Å². The van der Waals surface area contributed by atoms with E-state index in [1.165, 1.54) is 35.1 Å². The van der Waals surface area contributed by atoms with Crippen molar-refractivity contribution in [1.29, 1.82) is 0 Å². The third kappa shape index (κ3) is 2.99. The number of halogens is 1. The van der Waals surface area contributed by atoms with Gasteiger partial charge < -0.3 is 5.32 Å². The first-order valence-electron chi connectivity index (χ1n) is 6.82. The van der Waals surface area contributed by atoms with E-state index in [0.717, 1.165) is 11.6 Å². The van der Waals surface area contributed by atoms with Gasteiger partial charge in [-0.25, -0.2) is 0 Å². The fraction of sp³-hybridized carbons (Fsp3) is 0.294. The molecular formula is C17H18ClN. The van der Waals surface area contributed by atoms with Crippen LogP contribution in [-0.2, 0) is 6.54 Å². The van der Waals surface area contributed by atoms with Gasteiger partial charge in [-0.2, -0.15) is 0 Å². The SMILES string of the molecule is Cc1ccccc1-c1ccc(Cl)cc1CNC1CC1. The standard InChI is InChI=1S/C17H18ClN/c1-12-4-2-3-5-16(12)17-9-6-14(18)10-13(17)11-19-15-7-8-15/h2-6,9-10,15,19H,7-8,11H2,1H3. The molecule has 2 aromatic carbocycles. The van der Waals surface area contributed by atoms with Crippen molar-refractivity contribution < 1.29 is 0 Å². The molecule has 19 heavy (non-hydrogen) atoms.